The van der Waals surface area contributed by atoms with Crippen LogP contribution in [0.15, 0.2) is 30.3 Å². The number of rotatable bonds is 6. The monoisotopic (exact) mass is 357 g/mol. The molecule has 0 saturated carbocycles. The molecule has 1 atom stereocenters. The van der Waals surface area contributed by atoms with Crippen LogP contribution in [0, 0.1) is 5.92 Å². The molecule has 2 heterocycles. The third-order valence-electron chi connectivity index (χ3n) is 5.63. The van der Waals surface area contributed by atoms with Crippen LogP contribution in [0.4, 0.5) is 0 Å². The fourth-order valence-corrected chi connectivity index (χ4v) is 4.07. The number of nitrogens with zero attached hydrogens (tertiary/aromatic N) is 2. The van der Waals surface area contributed by atoms with Gasteiger partial charge in [0, 0.05) is 26.1 Å². The van der Waals surface area contributed by atoms with Crippen molar-refractivity contribution in [2.24, 2.45) is 5.92 Å². The van der Waals surface area contributed by atoms with Crippen LogP contribution in [0.5, 0.6) is 0 Å². The van der Waals surface area contributed by atoms with Crippen molar-refractivity contribution in [1.82, 2.24) is 15.1 Å². The number of piperidine rings is 2. The molecule has 1 unspecified atom stereocenters. The van der Waals surface area contributed by atoms with Gasteiger partial charge in [-0.1, -0.05) is 37.3 Å². The number of amides is 2. The van der Waals surface area contributed by atoms with Gasteiger partial charge in [0.1, 0.15) is 6.04 Å². The molecule has 0 aliphatic carbocycles. The molecule has 5 heteroatoms. The van der Waals surface area contributed by atoms with Crippen molar-refractivity contribution in [3.63, 3.8) is 0 Å². The topological polar surface area (TPSA) is 52.7 Å². The first kappa shape index (κ1) is 18.9. The summed E-state index contributed by atoms with van der Waals surface area (Å²) in [7, 11) is 0. The summed E-state index contributed by atoms with van der Waals surface area (Å²) in [5.41, 5.74) is 0.933. The molecule has 1 aromatic carbocycles. The third kappa shape index (κ3) is 4.44. The Morgan fingerprint density at radius 1 is 1.15 bits per heavy atom. The van der Waals surface area contributed by atoms with Gasteiger partial charge in [0.25, 0.3) is 0 Å². The molecule has 2 saturated heterocycles. The van der Waals surface area contributed by atoms with E-state index in [1.165, 1.54) is 0 Å². The largest absolute Gasteiger partial charge is 0.341 e. The fraction of sp³-hybridized carbons (Fsp3) is 0.619. The molecule has 0 radical (unpaired) electrons. The van der Waals surface area contributed by atoms with E-state index in [-0.39, 0.29) is 11.8 Å². The Morgan fingerprint density at radius 2 is 1.88 bits per heavy atom. The minimum atomic E-state index is -0.464. The van der Waals surface area contributed by atoms with Crippen molar-refractivity contribution < 1.29 is 9.59 Å². The molecule has 2 fully saturated rings. The maximum absolute atomic E-state index is 13.4. The van der Waals surface area contributed by atoms with Crippen LogP contribution in [-0.2, 0) is 9.59 Å². The van der Waals surface area contributed by atoms with Gasteiger partial charge in [-0.25, -0.2) is 0 Å². The first-order chi connectivity index (χ1) is 12.7. The van der Waals surface area contributed by atoms with Gasteiger partial charge >= 0.3 is 0 Å². The second-order valence-corrected chi connectivity index (χ2v) is 7.43. The summed E-state index contributed by atoms with van der Waals surface area (Å²) in [4.78, 5) is 29.7. The molecule has 0 spiro atoms. The first-order valence-corrected chi connectivity index (χ1v) is 10.0. The van der Waals surface area contributed by atoms with Crippen LogP contribution >= 0.6 is 0 Å². The van der Waals surface area contributed by atoms with Crippen molar-refractivity contribution in [3.05, 3.63) is 35.9 Å². The number of nitrogens with one attached hydrogen (secondary N) is 1. The molecule has 2 aliphatic rings. The van der Waals surface area contributed by atoms with Gasteiger partial charge in [0.15, 0.2) is 0 Å². The van der Waals surface area contributed by atoms with E-state index in [0.717, 1.165) is 57.4 Å². The zero-order valence-corrected chi connectivity index (χ0v) is 15.8. The Balaban J connectivity index is 1.73. The molecule has 142 valence electrons. The van der Waals surface area contributed by atoms with Crippen LogP contribution in [0.25, 0.3) is 0 Å². The van der Waals surface area contributed by atoms with Crippen LogP contribution in [0.3, 0.4) is 0 Å². The molecule has 2 aliphatic heterocycles. The van der Waals surface area contributed by atoms with Crippen LogP contribution < -0.4 is 5.32 Å². The second kappa shape index (κ2) is 9.17. The smallest absolute Gasteiger partial charge is 0.250 e. The van der Waals surface area contributed by atoms with E-state index < -0.39 is 6.04 Å². The van der Waals surface area contributed by atoms with Gasteiger partial charge in [-0.3, -0.25) is 9.59 Å². The molecule has 0 aromatic heterocycles. The van der Waals surface area contributed by atoms with Gasteiger partial charge in [0.2, 0.25) is 11.8 Å². The van der Waals surface area contributed by atoms with Crippen molar-refractivity contribution in [3.8, 4) is 0 Å². The Morgan fingerprint density at radius 3 is 2.54 bits per heavy atom. The van der Waals surface area contributed by atoms with Crippen LogP contribution in [0.1, 0.15) is 50.6 Å². The minimum Gasteiger partial charge on any atom is -0.341 e. The number of likely N-dealkylation sites (tertiary alicyclic amines) is 2. The average molecular weight is 357 g/mol. The predicted molar refractivity (Wildman–Crippen MR) is 103 cm³/mol. The summed E-state index contributed by atoms with van der Waals surface area (Å²) < 4.78 is 0. The van der Waals surface area contributed by atoms with Crippen molar-refractivity contribution in [1.29, 1.82) is 0 Å². The lowest BCUT2D eigenvalue weighted by Crippen LogP contribution is -2.49. The Labute approximate surface area is 156 Å². The molecule has 3 rings (SSSR count). The number of hydrogen-bond acceptors (Lipinski definition) is 3. The third-order valence-corrected chi connectivity index (χ3v) is 5.63. The highest BCUT2D eigenvalue weighted by Gasteiger charge is 2.36. The van der Waals surface area contributed by atoms with Gasteiger partial charge in [-0.2, -0.15) is 0 Å². The second-order valence-electron chi connectivity index (χ2n) is 7.43. The van der Waals surface area contributed by atoms with Crippen molar-refractivity contribution in [2.75, 3.05) is 32.7 Å². The highest BCUT2D eigenvalue weighted by atomic mass is 16.2. The molecule has 1 N–H and O–H groups in total. The summed E-state index contributed by atoms with van der Waals surface area (Å²) in [5.74, 6) is 0.847. The maximum Gasteiger partial charge on any atom is 0.250 e. The summed E-state index contributed by atoms with van der Waals surface area (Å²) in [6.45, 7) is 6.41. The van der Waals surface area contributed by atoms with Gasteiger partial charge in [0.05, 0.1) is 0 Å². The van der Waals surface area contributed by atoms with Gasteiger partial charge in [-0.15, -0.1) is 0 Å². The molecular weight excluding hydrogens is 326 g/mol. The SMILES string of the molecule is CCNCC1CCN(C(=O)C(c2ccccc2)N2CCCCC2=O)CC1. The number of hydrogen-bond donors (Lipinski definition) is 1. The molecule has 26 heavy (non-hydrogen) atoms. The van der Waals surface area contributed by atoms with E-state index >= 15 is 0 Å². The summed E-state index contributed by atoms with van der Waals surface area (Å²) in [5, 5.41) is 3.41. The zero-order valence-electron chi connectivity index (χ0n) is 15.8. The molecular formula is C21H31N3O2. The fourth-order valence-electron chi connectivity index (χ4n) is 4.07. The number of carbonyl (C=O) groups excluding carboxylic acids is 2. The highest BCUT2D eigenvalue weighted by molar-refractivity contribution is 5.89. The van der Waals surface area contributed by atoms with E-state index in [9.17, 15) is 9.59 Å². The Bertz CT molecular complexity index is 597. The average Bonchev–Trinajstić information content (AvgIpc) is 2.69. The molecule has 2 amide bonds. The molecule has 1 aromatic rings. The molecule has 5 nitrogen and oxygen atoms in total. The van der Waals surface area contributed by atoms with E-state index in [1.54, 1.807) is 0 Å². The number of carbonyl (C=O) groups is 2. The van der Waals surface area contributed by atoms with E-state index in [2.05, 4.69) is 12.2 Å². The lowest BCUT2D eigenvalue weighted by molar-refractivity contribution is -0.148. The Hall–Kier alpha value is -1.88. The maximum atomic E-state index is 13.4. The quantitative estimate of drug-likeness (QED) is 0.851. The Kier molecular flexibility index (Phi) is 6.67. The predicted octanol–water partition coefficient (Wildman–Crippen LogP) is 2.59. The lowest BCUT2D eigenvalue weighted by atomic mass is 9.94. The van der Waals surface area contributed by atoms with E-state index in [0.29, 0.717) is 18.9 Å². The van der Waals surface area contributed by atoms with Gasteiger partial charge in [-0.05, 0) is 50.3 Å². The summed E-state index contributed by atoms with van der Waals surface area (Å²) in [6.07, 6.45) is 4.54. The van der Waals surface area contributed by atoms with Gasteiger partial charge < -0.3 is 15.1 Å². The standard InChI is InChI=1S/C21H31N3O2/c1-2-22-16-17-11-14-23(15-12-17)21(26)20(18-8-4-3-5-9-18)24-13-7-6-10-19(24)25/h3-5,8-9,17,20,22H,2,6-7,10-16H2,1H3. The first-order valence-electron chi connectivity index (χ1n) is 10.0. The zero-order chi connectivity index (χ0) is 18.4. The minimum absolute atomic E-state index is 0.0911. The number of benzene rings is 1. The molecule has 0 bridgehead atoms. The summed E-state index contributed by atoms with van der Waals surface area (Å²) in [6, 6.07) is 9.34. The van der Waals surface area contributed by atoms with Crippen molar-refractivity contribution >= 4 is 11.8 Å². The van der Waals surface area contributed by atoms with E-state index in [1.807, 2.05) is 40.1 Å². The summed E-state index contributed by atoms with van der Waals surface area (Å²) >= 11 is 0. The lowest BCUT2D eigenvalue weighted by Gasteiger charge is -2.39. The van der Waals surface area contributed by atoms with E-state index in [4.69, 9.17) is 0 Å². The highest BCUT2D eigenvalue weighted by Crippen LogP contribution is 2.29. The van der Waals surface area contributed by atoms with Crippen LogP contribution in [0.2, 0.25) is 0 Å². The normalized spacial score (nSPS) is 20.3. The van der Waals surface area contributed by atoms with Crippen LogP contribution in [-0.4, -0.2) is 54.3 Å². The van der Waals surface area contributed by atoms with Crippen molar-refractivity contribution in [2.45, 2.75) is 45.1 Å².